The fourth-order valence-electron chi connectivity index (χ4n) is 3.63. The molecular weight excluding hydrogens is 424 g/mol. The molecule has 0 aliphatic rings. The maximum absolute atomic E-state index is 12.9. The van der Waals surface area contributed by atoms with Crippen molar-refractivity contribution < 1.29 is 8.42 Å². The molecule has 2 aromatic carbocycles. The Balaban J connectivity index is 1.59. The Hall–Kier alpha value is -3.30. The summed E-state index contributed by atoms with van der Waals surface area (Å²) in [6.07, 6.45) is 3.43. The summed E-state index contributed by atoms with van der Waals surface area (Å²) < 4.78 is 29.1. The number of rotatable bonds is 8. The highest BCUT2D eigenvalue weighted by molar-refractivity contribution is 7.89. The highest BCUT2D eigenvalue weighted by atomic mass is 32.2. The summed E-state index contributed by atoms with van der Waals surface area (Å²) in [7, 11) is -3.52. The second-order valence-corrected chi connectivity index (χ2v) is 9.31. The van der Waals surface area contributed by atoms with Crippen molar-refractivity contribution in [2.75, 3.05) is 18.4 Å². The summed E-state index contributed by atoms with van der Waals surface area (Å²) in [5.74, 6) is 1.14. The van der Waals surface area contributed by atoms with Crippen LogP contribution in [0.3, 0.4) is 0 Å². The molecular formula is C23H26N6O2S. The second-order valence-electron chi connectivity index (χ2n) is 7.37. The average Bonchev–Trinajstić information content (AvgIpc) is 3.24. The molecule has 4 aromatic rings. The third-order valence-electron chi connectivity index (χ3n) is 5.39. The average molecular weight is 451 g/mol. The molecule has 0 amide bonds. The number of nitrogens with zero attached hydrogens (tertiary/aromatic N) is 5. The number of sulfonamides is 1. The van der Waals surface area contributed by atoms with E-state index in [1.165, 1.54) is 4.31 Å². The fourth-order valence-corrected chi connectivity index (χ4v) is 5.14. The van der Waals surface area contributed by atoms with E-state index in [2.05, 4.69) is 20.3 Å². The first-order chi connectivity index (χ1) is 15.4. The minimum atomic E-state index is -3.52. The smallest absolute Gasteiger partial charge is 0.243 e. The van der Waals surface area contributed by atoms with Crippen molar-refractivity contribution in [3.05, 3.63) is 72.7 Å². The van der Waals surface area contributed by atoms with Gasteiger partial charge in [-0.3, -0.25) is 4.57 Å². The topological polar surface area (TPSA) is 93.0 Å². The summed E-state index contributed by atoms with van der Waals surface area (Å²) in [5, 5.41) is 3.28. The number of hydrogen-bond donors (Lipinski definition) is 1. The number of para-hydroxylation sites is 2. The van der Waals surface area contributed by atoms with Gasteiger partial charge in [0.1, 0.15) is 12.1 Å². The SMILES string of the molecule is CCN(CC)S(=O)(=O)c1cccc([C@H](C)Nc2nccc(-n3cnc4ccccc43)n2)c1. The third-order valence-corrected chi connectivity index (χ3v) is 7.43. The van der Waals surface area contributed by atoms with Gasteiger partial charge >= 0.3 is 0 Å². The van der Waals surface area contributed by atoms with E-state index in [1.807, 2.05) is 61.7 Å². The molecule has 1 N–H and O–H groups in total. The standard InChI is InChI=1S/C23H26N6O2S/c1-4-28(5-2)32(30,31)19-10-8-9-18(15-19)17(3)26-23-24-14-13-22(27-23)29-16-25-20-11-6-7-12-21(20)29/h6-17H,4-5H2,1-3H3,(H,24,26,27)/t17-/m0/s1. The van der Waals surface area contributed by atoms with Crippen LogP contribution >= 0.6 is 0 Å². The molecule has 0 saturated carbocycles. The normalized spacial score (nSPS) is 12.9. The van der Waals surface area contributed by atoms with Crippen molar-refractivity contribution in [3.8, 4) is 5.82 Å². The van der Waals surface area contributed by atoms with Crippen molar-refractivity contribution >= 4 is 27.0 Å². The second kappa shape index (κ2) is 9.05. The van der Waals surface area contributed by atoms with Crippen molar-refractivity contribution in [1.82, 2.24) is 23.8 Å². The van der Waals surface area contributed by atoms with Gasteiger partial charge in [0.25, 0.3) is 0 Å². The lowest BCUT2D eigenvalue weighted by atomic mass is 10.1. The molecule has 0 unspecified atom stereocenters. The van der Waals surface area contributed by atoms with Gasteiger partial charge in [-0.25, -0.2) is 18.4 Å². The molecule has 1 atom stereocenters. The lowest BCUT2D eigenvalue weighted by Crippen LogP contribution is -2.30. The van der Waals surface area contributed by atoms with Crippen LogP contribution in [-0.4, -0.2) is 45.3 Å². The van der Waals surface area contributed by atoms with E-state index in [0.29, 0.717) is 24.9 Å². The molecule has 4 rings (SSSR count). The van der Waals surface area contributed by atoms with E-state index in [1.54, 1.807) is 30.7 Å². The minimum absolute atomic E-state index is 0.198. The van der Waals surface area contributed by atoms with Crippen molar-refractivity contribution in [1.29, 1.82) is 0 Å². The monoisotopic (exact) mass is 450 g/mol. The number of benzene rings is 2. The zero-order chi connectivity index (χ0) is 22.7. The van der Waals surface area contributed by atoms with Crippen molar-refractivity contribution in [2.45, 2.75) is 31.7 Å². The minimum Gasteiger partial charge on any atom is -0.348 e. The molecule has 8 nitrogen and oxygen atoms in total. The molecule has 0 radical (unpaired) electrons. The zero-order valence-corrected chi connectivity index (χ0v) is 19.1. The Morgan fingerprint density at radius 3 is 2.59 bits per heavy atom. The van der Waals surface area contributed by atoms with Crippen LogP contribution in [0.4, 0.5) is 5.95 Å². The predicted molar refractivity (Wildman–Crippen MR) is 125 cm³/mol. The molecule has 2 aromatic heterocycles. The van der Waals surface area contributed by atoms with Crippen LogP contribution in [0.5, 0.6) is 0 Å². The van der Waals surface area contributed by atoms with Gasteiger partial charge in [-0.2, -0.15) is 9.29 Å². The van der Waals surface area contributed by atoms with Crippen LogP contribution in [0.25, 0.3) is 16.9 Å². The largest absolute Gasteiger partial charge is 0.348 e. The van der Waals surface area contributed by atoms with Gasteiger partial charge in [0, 0.05) is 19.3 Å². The Morgan fingerprint density at radius 2 is 1.81 bits per heavy atom. The molecule has 0 aliphatic heterocycles. The van der Waals surface area contributed by atoms with Gasteiger partial charge in [0.15, 0.2) is 0 Å². The van der Waals surface area contributed by atoms with E-state index >= 15 is 0 Å². The van der Waals surface area contributed by atoms with E-state index in [9.17, 15) is 8.42 Å². The first-order valence-electron chi connectivity index (χ1n) is 10.6. The molecule has 32 heavy (non-hydrogen) atoms. The molecule has 0 saturated heterocycles. The van der Waals surface area contributed by atoms with Gasteiger partial charge < -0.3 is 5.32 Å². The maximum Gasteiger partial charge on any atom is 0.243 e. The number of imidazole rings is 1. The fraction of sp³-hybridized carbons (Fsp3) is 0.261. The molecule has 9 heteroatoms. The van der Waals surface area contributed by atoms with Crippen LogP contribution in [0.1, 0.15) is 32.4 Å². The summed E-state index contributed by atoms with van der Waals surface area (Å²) >= 11 is 0. The lowest BCUT2D eigenvalue weighted by molar-refractivity contribution is 0.445. The van der Waals surface area contributed by atoms with Crippen molar-refractivity contribution in [2.24, 2.45) is 0 Å². The van der Waals surface area contributed by atoms with E-state index < -0.39 is 10.0 Å². The molecule has 0 fully saturated rings. The maximum atomic E-state index is 12.9. The van der Waals surface area contributed by atoms with Gasteiger partial charge in [0.2, 0.25) is 16.0 Å². The number of fused-ring (bicyclic) bond motifs is 1. The predicted octanol–water partition coefficient (Wildman–Crippen LogP) is 4.02. The Kier molecular flexibility index (Phi) is 6.20. The van der Waals surface area contributed by atoms with Crippen LogP contribution in [-0.2, 0) is 10.0 Å². The molecule has 0 spiro atoms. The summed E-state index contributed by atoms with van der Waals surface area (Å²) in [6, 6.07) is 16.5. The molecule has 166 valence electrons. The number of aromatic nitrogens is 4. The number of anilines is 1. The van der Waals surface area contributed by atoms with Crippen LogP contribution in [0, 0.1) is 0 Å². The van der Waals surface area contributed by atoms with Gasteiger partial charge in [-0.15, -0.1) is 0 Å². The van der Waals surface area contributed by atoms with E-state index in [4.69, 9.17) is 0 Å². The molecule has 0 aliphatic carbocycles. The first kappa shape index (κ1) is 21.9. The van der Waals surface area contributed by atoms with Gasteiger partial charge in [0.05, 0.1) is 22.0 Å². The Morgan fingerprint density at radius 1 is 1.03 bits per heavy atom. The van der Waals surface area contributed by atoms with E-state index in [-0.39, 0.29) is 10.9 Å². The summed E-state index contributed by atoms with van der Waals surface area (Å²) in [5.41, 5.74) is 2.68. The number of nitrogens with one attached hydrogen (secondary N) is 1. The lowest BCUT2D eigenvalue weighted by Gasteiger charge is -2.20. The van der Waals surface area contributed by atoms with Crippen LogP contribution in [0.15, 0.2) is 72.0 Å². The number of hydrogen-bond acceptors (Lipinski definition) is 6. The summed E-state index contributed by atoms with van der Waals surface area (Å²) in [4.78, 5) is 13.7. The quantitative estimate of drug-likeness (QED) is 0.436. The van der Waals surface area contributed by atoms with Crippen molar-refractivity contribution in [3.63, 3.8) is 0 Å². The van der Waals surface area contributed by atoms with Gasteiger partial charge in [-0.1, -0.05) is 38.1 Å². The van der Waals surface area contributed by atoms with Gasteiger partial charge in [-0.05, 0) is 42.8 Å². The highest BCUT2D eigenvalue weighted by Gasteiger charge is 2.22. The molecule has 2 heterocycles. The Labute approximate surface area is 188 Å². The first-order valence-corrected chi connectivity index (χ1v) is 12.0. The third kappa shape index (κ3) is 4.21. The molecule has 0 bridgehead atoms. The summed E-state index contributed by atoms with van der Waals surface area (Å²) in [6.45, 7) is 6.48. The Bertz CT molecular complexity index is 1330. The van der Waals surface area contributed by atoms with E-state index in [0.717, 1.165) is 16.6 Å². The zero-order valence-electron chi connectivity index (χ0n) is 18.3. The highest BCUT2D eigenvalue weighted by Crippen LogP contribution is 2.23. The van der Waals surface area contributed by atoms with Crippen LogP contribution < -0.4 is 5.32 Å². The van der Waals surface area contributed by atoms with Crippen LogP contribution in [0.2, 0.25) is 0 Å².